The van der Waals surface area contributed by atoms with Crippen LogP contribution in [0.15, 0.2) is 6.20 Å². The van der Waals surface area contributed by atoms with Gasteiger partial charge >= 0.3 is 0 Å². The van der Waals surface area contributed by atoms with Gasteiger partial charge < -0.3 is 9.84 Å². The second-order valence-electron chi connectivity index (χ2n) is 3.45. The standard InChI is InChI=1S/C8H13N3O2/c1-11-3-7(9-10-11)2-6-4-13-5-8(6)12/h3,6,8,12H,2,4-5H2,1H3. The van der Waals surface area contributed by atoms with Crippen molar-refractivity contribution >= 4 is 0 Å². The van der Waals surface area contributed by atoms with Gasteiger partial charge in [0.2, 0.25) is 0 Å². The fourth-order valence-electron chi connectivity index (χ4n) is 1.54. The number of rotatable bonds is 2. The highest BCUT2D eigenvalue weighted by Crippen LogP contribution is 2.17. The Bertz CT molecular complexity index is 287. The third-order valence-electron chi connectivity index (χ3n) is 2.29. The third kappa shape index (κ3) is 1.87. The van der Waals surface area contributed by atoms with E-state index in [1.807, 2.05) is 13.2 Å². The smallest absolute Gasteiger partial charge is 0.0831 e. The van der Waals surface area contributed by atoms with Crippen molar-refractivity contribution in [1.82, 2.24) is 15.0 Å². The van der Waals surface area contributed by atoms with Gasteiger partial charge in [-0.3, -0.25) is 4.68 Å². The van der Waals surface area contributed by atoms with E-state index in [0.717, 1.165) is 12.1 Å². The molecule has 1 aliphatic rings. The van der Waals surface area contributed by atoms with Gasteiger partial charge in [-0.05, 0) is 0 Å². The Morgan fingerprint density at radius 2 is 2.54 bits per heavy atom. The molecule has 1 aromatic rings. The minimum atomic E-state index is -0.345. The monoisotopic (exact) mass is 183 g/mol. The summed E-state index contributed by atoms with van der Waals surface area (Å²) < 4.78 is 6.81. The number of aliphatic hydroxyl groups excluding tert-OH is 1. The van der Waals surface area contributed by atoms with Gasteiger partial charge in [-0.25, -0.2) is 0 Å². The van der Waals surface area contributed by atoms with Gasteiger partial charge in [-0.1, -0.05) is 5.21 Å². The molecule has 5 nitrogen and oxygen atoms in total. The number of hydrogen-bond acceptors (Lipinski definition) is 4. The zero-order valence-corrected chi connectivity index (χ0v) is 7.55. The van der Waals surface area contributed by atoms with Crippen molar-refractivity contribution in [2.75, 3.05) is 13.2 Å². The lowest BCUT2D eigenvalue weighted by Gasteiger charge is -2.08. The lowest BCUT2D eigenvalue weighted by molar-refractivity contribution is 0.118. The molecule has 2 unspecified atom stereocenters. The molecule has 0 amide bonds. The predicted molar refractivity (Wildman–Crippen MR) is 45.0 cm³/mol. The van der Waals surface area contributed by atoms with Crippen LogP contribution in [-0.2, 0) is 18.2 Å². The molecule has 2 heterocycles. The number of aromatic nitrogens is 3. The fraction of sp³-hybridized carbons (Fsp3) is 0.750. The second-order valence-corrected chi connectivity index (χ2v) is 3.45. The maximum absolute atomic E-state index is 9.48. The summed E-state index contributed by atoms with van der Waals surface area (Å²) >= 11 is 0. The summed E-state index contributed by atoms with van der Waals surface area (Å²) in [6.07, 6.45) is 2.27. The average molecular weight is 183 g/mol. The van der Waals surface area contributed by atoms with E-state index in [9.17, 15) is 5.11 Å². The summed E-state index contributed by atoms with van der Waals surface area (Å²) in [5, 5.41) is 17.3. The van der Waals surface area contributed by atoms with Crippen LogP contribution in [0.3, 0.4) is 0 Å². The maximum Gasteiger partial charge on any atom is 0.0831 e. The van der Waals surface area contributed by atoms with E-state index in [0.29, 0.717) is 13.2 Å². The Morgan fingerprint density at radius 3 is 3.08 bits per heavy atom. The second kappa shape index (κ2) is 3.43. The molecule has 72 valence electrons. The summed E-state index contributed by atoms with van der Waals surface area (Å²) in [4.78, 5) is 0. The SMILES string of the molecule is Cn1cc(CC2COCC2O)nn1. The highest BCUT2D eigenvalue weighted by atomic mass is 16.5. The molecule has 0 aromatic carbocycles. The van der Waals surface area contributed by atoms with Crippen LogP contribution < -0.4 is 0 Å². The summed E-state index contributed by atoms with van der Waals surface area (Å²) in [5.41, 5.74) is 0.914. The first-order valence-corrected chi connectivity index (χ1v) is 4.36. The molecular formula is C8H13N3O2. The first-order valence-electron chi connectivity index (χ1n) is 4.36. The Hall–Kier alpha value is -0.940. The fourth-order valence-corrected chi connectivity index (χ4v) is 1.54. The van der Waals surface area contributed by atoms with Crippen LogP contribution in [0, 0.1) is 5.92 Å². The van der Waals surface area contributed by atoms with E-state index in [2.05, 4.69) is 10.3 Å². The van der Waals surface area contributed by atoms with Crippen LogP contribution in [0.1, 0.15) is 5.69 Å². The molecule has 0 radical (unpaired) electrons. The molecule has 13 heavy (non-hydrogen) atoms. The van der Waals surface area contributed by atoms with E-state index >= 15 is 0 Å². The van der Waals surface area contributed by atoms with Crippen molar-refractivity contribution in [3.63, 3.8) is 0 Å². The first-order chi connectivity index (χ1) is 6.25. The predicted octanol–water partition coefficient (Wildman–Crippen LogP) is -0.635. The normalized spacial score (nSPS) is 28.2. The molecule has 1 aromatic heterocycles. The molecule has 1 N–H and O–H groups in total. The van der Waals surface area contributed by atoms with Crippen molar-refractivity contribution in [1.29, 1.82) is 0 Å². The zero-order valence-electron chi connectivity index (χ0n) is 7.55. The minimum Gasteiger partial charge on any atom is -0.390 e. The lowest BCUT2D eigenvalue weighted by Crippen LogP contribution is -2.20. The van der Waals surface area contributed by atoms with Gasteiger partial charge in [-0.2, -0.15) is 0 Å². The van der Waals surface area contributed by atoms with Gasteiger partial charge in [0.05, 0.1) is 25.0 Å². The summed E-state index contributed by atoms with van der Waals surface area (Å²) in [6.45, 7) is 1.07. The number of aliphatic hydroxyl groups is 1. The van der Waals surface area contributed by atoms with E-state index in [1.165, 1.54) is 0 Å². The Labute approximate surface area is 76.3 Å². The van der Waals surface area contributed by atoms with Gasteiger partial charge in [0.15, 0.2) is 0 Å². The Morgan fingerprint density at radius 1 is 1.69 bits per heavy atom. The Kier molecular flexibility index (Phi) is 2.28. The maximum atomic E-state index is 9.48. The summed E-state index contributed by atoms with van der Waals surface area (Å²) in [7, 11) is 1.83. The number of nitrogens with zero attached hydrogens (tertiary/aromatic N) is 3. The van der Waals surface area contributed by atoms with E-state index in [-0.39, 0.29) is 12.0 Å². The molecule has 1 fully saturated rings. The van der Waals surface area contributed by atoms with Gasteiger partial charge in [0.25, 0.3) is 0 Å². The van der Waals surface area contributed by atoms with E-state index in [4.69, 9.17) is 4.74 Å². The van der Waals surface area contributed by atoms with Gasteiger partial charge in [-0.15, -0.1) is 5.10 Å². The highest BCUT2D eigenvalue weighted by molar-refractivity contribution is 4.96. The van der Waals surface area contributed by atoms with Crippen molar-refractivity contribution < 1.29 is 9.84 Å². The number of hydrogen-bond donors (Lipinski definition) is 1. The van der Waals surface area contributed by atoms with Crippen molar-refractivity contribution in [3.8, 4) is 0 Å². The number of ether oxygens (including phenoxy) is 1. The molecular weight excluding hydrogens is 170 g/mol. The minimum absolute atomic E-state index is 0.177. The van der Waals surface area contributed by atoms with Crippen LogP contribution >= 0.6 is 0 Å². The molecule has 0 spiro atoms. The van der Waals surface area contributed by atoms with E-state index in [1.54, 1.807) is 4.68 Å². The average Bonchev–Trinajstić information content (AvgIpc) is 2.64. The molecule has 1 saturated heterocycles. The topological polar surface area (TPSA) is 60.2 Å². The molecule has 0 saturated carbocycles. The first kappa shape index (κ1) is 8.65. The van der Waals surface area contributed by atoms with Crippen LogP contribution in [0.5, 0.6) is 0 Å². The molecule has 0 aliphatic carbocycles. The summed E-state index contributed by atoms with van der Waals surface area (Å²) in [6, 6.07) is 0. The highest BCUT2D eigenvalue weighted by Gasteiger charge is 2.26. The number of aryl methyl sites for hydroxylation is 1. The lowest BCUT2D eigenvalue weighted by atomic mass is 10.0. The molecule has 5 heteroatoms. The van der Waals surface area contributed by atoms with Crippen molar-refractivity contribution in [2.24, 2.45) is 13.0 Å². The zero-order chi connectivity index (χ0) is 9.26. The van der Waals surface area contributed by atoms with Crippen LogP contribution in [0.25, 0.3) is 0 Å². The molecule has 2 atom stereocenters. The molecule has 0 bridgehead atoms. The van der Waals surface area contributed by atoms with Gasteiger partial charge in [0.1, 0.15) is 0 Å². The van der Waals surface area contributed by atoms with Gasteiger partial charge in [0, 0.05) is 25.6 Å². The van der Waals surface area contributed by atoms with Crippen molar-refractivity contribution in [2.45, 2.75) is 12.5 Å². The van der Waals surface area contributed by atoms with Crippen LogP contribution in [0.4, 0.5) is 0 Å². The molecule has 2 rings (SSSR count). The molecule has 1 aliphatic heterocycles. The van der Waals surface area contributed by atoms with E-state index < -0.39 is 0 Å². The van der Waals surface area contributed by atoms with Crippen molar-refractivity contribution in [3.05, 3.63) is 11.9 Å². The Balaban J connectivity index is 1.97. The largest absolute Gasteiger partial charge is 0.390 e. The summed E-state index contributed by atoms with van der Waals surface area (Å²) in [5.74, 6) is 0.177. The van der Waals surface area contributed by atoms with Crippen LogP contribution in [0.2, 0.25) is 0 Å². The van der Waals surface area contributed by atoms with Crippen LogP contribution in [-0.4, -0.2) is 39.4 Å². The third-order valence-corrected chi connectivity index (χ3v) is 2.29. The quantitative estimate of drug-likeness (QED) is 0.663.